The molecule has 0 aromatic carbocycles. The van der Waals surface area contributed by atoms with E-state index in [-0.39, 0.29) is 5.84 Å². The van der Waals surface area contributed by atoms with Crippen LogP contribution in [0.4, 0.5) is 0 Å². The summed E-state index contributed by atoms with van der Waals surface area (Å²) in [5.41, 5.74) is 6.68. The lowest BCUT2D eigenvalue weighted by Gasteiger charge is -2.01. The van der Waals surface area contributed by atoms with Crippen molar-refractivity contribution in [3.63, 3.8) is 0 Å². The summed E-state index contributed by atoms with van der Waals surface area (Å²) in [5.74, 6) is -0.0598. The van der Waals surface area contributed by atoms with Crippen molar-refractivity contribution in [2.45, 2.75) is 17.0 Å². The molecular formula is C10H12N6OS. The Bertz CT molecular complexity index is 577. The van der Waals surface area contributed by atoms with Crippen molar-refractivity contribution < 1.29 is 5.21 Å². The van der Waals surface area contributed by atoms with Gasteiger partial charge in [0.1, 0.15) is 15.7 Å². The van der Waals surface area contributed by atoms with E-state index in [0.29, 0.717) is 10.7 Å². The van der Waals surface area contributed by atoms with E-state index in [4.69, 9.17) is 10.9 Å². The quantitative estimate of drug-likeness (QED) is 0.367. The van der Waals surface area contributed by atoms with Crippen LogP contribution < -0.4 is 5.73 Å². The van der Waals surface area contributed by atoms with Crippen molar-refractivity contribution in [1.82, 2.24) is 19.7 Å². The molecule has 0 spiro atoms. The van der Waals surface area contributed by atoms with Crippen molar-refractivity contribution in [1.29, 1.82) is 0 Å². The minimum absolute atomic E-state index is 0.0598. The summed E-state index contributed by atoms with van der Waals surface area (Å²) < 4.78 is 1.78. The van der Waals surface area contributed by atoms with E-state index in [0.717, 1.165) is 10.7 Å². The zero-order valence-corrected chi connectivity index (χ0v) is 10.7. The van der Waals surface area contributed by atoms with Gasteiger partial charge in [-0.05, 0) is 24.8 Å². The number of hydrogen-bond donors (Lipinski definition) is 2. The molecule has 3 N–H and O–H groups in total. The van der Waals surface area contributed by atoms with Gasteiger partial charge >= 0.3 is 0 Å². The van der Waals surface area contributed by atoms with Crippen molar-refractivity contribution in [2.24, 2.45) is 17.9 Å². The van der Waals surface area contributed by atoms with Gasteiger partial charge in [-0.15, -0.1) is 0 Å². The summed E-state index contributed by atoms with van der Waals surface area (Å²) in [5, 5.41) is 17.3. The summed E-state index contributed by atoms with van der Waals surface area (Å²) in [6.45, 7) is 1.93. The minimum Gasteiger partial charge on any atom is -0.409 e. The van der Waals surface area contributed by atoms with Crippen molar-refractivity contribution in [3.8, 4) is 0 Å². The second kappa shape index (κ2) is 5.05. The summed E-state index contributed by atoms with van der Waals surface area (Å²) in [6.07, 6.45) is 3.03. The standard InChI is InChI=1S/C10H12N6OS/c1-6-3-9(16(2)14-6)18-8-5-12-7(4-13-8)10(11)15-17/h3-5,17H,1-2H3,(H2,11,15). The smallest absolute Gasteiger partial charge is 0.190 e. The number of oxime groups is 1. The third-order valence-corrected chi connectivity index (χ3v) is 3.18. The van der Waals surface area contributed by atoms with Gasteiger partial charge in [-0.2, -0.15) is 5.10 Å². The van der Waals surface area contributed by atoms with Crippen LogP contribution in [0, 0.1) is 6.92 Å². The number of rotatable bonds is 3. The molecule has 2 rings (SSSR count). The molecule has 94 valence electrons. The number of hydrogen-bond acceptors (Lipinski definition) is 6. The summed E-state index contributed by atoms with van der Waals surface area (Å²) in [7, 11) is 1.87. The van der Waals surface area contributed by atoms with Crippen LogP contribution in [0.5, 0.6) is 0 Å². The van der Waals surface area contributed by atoms with Crippen LogP contribution >= 0.6 is 11.8 Å². The fourth-order valence-corrected chi connectivity index (χ4v) is 2.17. The highest BCUT2D eigenvalue weighted by molar-refractivity contribution is 7.99. The van der Waals surface area contributed by atoms with Gasteiger partial charge in [-0.3, -0.25) is 4.68 Å². The van der Waals surface area contributed by atoms with Gasteiger partial charge in [0.2, 0.25) is 0 Å². The van der Waals surface area contributed by atoms with Gasteiger partial charge in [0, 0.05) is 7.05 Å². The second-order valence-corrected chi connectivity index (χ2v) is 4.62. The van der Waals surface area contributed by atoms with Crippen LogP contribution in [-0.2, 0) is 7.05 Å². The van der Waals surface area contributed by atoms with Crippen LogP contribution in [0.2, 0.25) is 0 Å². The molecular weight excluding hydrogens is 252 g/mol. The fourth-order valence-electron chi connectivity index (χ4n) is 1.34. The van der Waals surface area contributed by atoms with E-state index < -0.39 is 0 Å². The van der Waals surface area contributed by atoms with E-state index in [2.05, 4.69) is 20.2 Å². The highest BCUT2D eigenvalue weighted by Gasteiger charge is 2.07. The number of aryl methyl sites for hydroxylation is 2. The molecule has 8 heteroatoms. The number of nitrogens with zero attached hydrogens (tertiary/aromatic N) is 5. The number of aromatic nitrogens is 4. The Hall–Kier alpha value is -2.09. The van der Waals surface area contributed by atoms with Crippen molar-refractivity contribution in [2.75, 3.05) is 0 Å². The Morgan fingerprint density at radius 2 is 2.22 bits per heavy atom. The Balaban J connectivity index is 2.18. The Morgan fingerprint density at radius 3 is 2.72 bits per heavy atom. The molecule has 0 atom stereocenters. The van der Waals surface area contributed by atoms with E-state index in [9.17, 15) is 0 Å². The Morgan fingerprint density at radius 1 is 1.44 bits per heavy atom. The van der Waals surface area contributed by atoms with E-state index in [1.807, 2.05) is 20.0 Å². The Kier molecular flexibility index (Phi) is 3.47. The monoisotopic (exact) mass is 264 g/mol. The molecule has 0 saturated carbocycles. The average molecular weight is 264 g/mol. The first-order chi connectivity index (χ1) is 8.60. The molecule has 0 aliphatic heterocycles. The maximum atomic E-state index is 8.51. The Labute approximate surface area is 108 Å². The summed E-state index contributed by atoms with van der Waals surface area (Å²) >= 11 is 1.45. The normalized spacial score (nSPS) is 11.8. The number of amidine groups is 1. The molecule has 0 saturated heterocycles. The highest BCUT2D eigenvalue weighted by Crippen LogP contribution is 2.25. The van der Waals surface area contributed by atoms with Crippen molar-refractivity contribution in [3.05, 3.63) is 29.8 Å². The average Bonchev–Trinajstić information content (AvgIpc) is 2.68. The molecule has 0 radical (unpaired) electrons. The van der Waals surface area contributed by atoms with Crippen LogP contribution in [-0.4, -0.2) is 30.8 Å². The van der Waals surface area contributed by atoms with Gasteiger partial charge in [-0.25, -0.2) is 9.97 Å². The maximum Gasteiger partial charge on any atom is 0.190 e. The molecule has 2 heterocycles. The van der Waals surface area contributed by atoms with E-state index in [1.165, 1.54) is 18.0 Å². The zero-order chi connectivity index (χ0) is 13.1. The lowest BCUT2D eigenvalue weighted by molar-refractivity contribution is 0.318. The molecule has 0 bridgehead atoms. The molecule has 18 heavy (non-hydrogen) atoms. The SMILES string of the molecule is Cc1cc(Sc2cnc(C(N)=NO)cn2)n(C)n1. The van der Waals surface area contributed by atoms with E-state index in [1.54, 1.807) is 10.9 Å². The predicted molar refractivity (Wildman–Crippen MR) is 66.6 cm³/mol. The predicted octanol–water partition coefficient (Wildman–Crippen LogP) is 0.764. The third-order valence-electron chi connectivity index (χ3n) is 2.17. The molecule has 0 unspecified atom stereocenters. The van der Waals surface area contributed by atoms with Gasteiger partial charge in [-0.1, -0.05) is 5.16 Å². The molecule has 2 aromatic heterocycles. The first kappa shape index (κ1) is 12.4. The zero-order valence-electron chi connectivity index (χ0n) is 9.90. The molecule has 0 aliphatic rings. The molecule has 0 amide bonds. The number of nitrogens with two attached hydrogens (primary N) is 1. The molecule has 7 nitrogen and oxygen atoms in total. The highest BCUT2D eigenvalue weighted by atomic mass is 32.2. The van der Waals surface area contributed by atoms with Gasteiger partial charge < -0.3 is 10.9 Å². The largest absolute Gasteiger partial charge is 0.409 e. The first-order valence-electron chi connectivity index (χ1n) is 5.08. The first-order valence-corrected chi connectivity index (χ1v) is 5.90. The van der Waals surface area contributed by atoms with E-state index >= 15 is 0 Å². The van der Waals surface area contributed by atoms with Crippen LogP contribution in [0.1, 0.15) is 11.4 Å². The van der Waals surface area contributed by atoms with Crippen LogP contribution in [0.25, 0.3) is 0 Å². The summed E-state index contributed by atoms with van der Waals surface area (Å²) in [6, 6.07) is 1.96. The van der Waals surface area contributed by atoms with Gasteiger partial charge in [0.15, 0.2) is 5.84 Å². The lowest BCUT2D eigenvalue weighted by Crippen LogP contribution is -2.15. The van der Waals surface area contributed by atoms with Crippen molar-refractivity contribution >= 4 is 17.6 Å². The van der Waals surface area contributed by atoms with Crippen LogP contribution in [0.15, 0.2) is 33.7 Å². The van der Waals surface area contributed by atoms with Gasteiger partial charge in [0.05, 0.1) is 18.1 Å². The van der Waals surface area contributed by atoms with Crippen LogP contribution in [0.3, 0.4) is 0 Å². The second-order valence-electron chi connectivity index (χ2n) is 3.57. The topological polar surface area (TPSA) is 102 Å². The summed E-state index contributed by atoms with van der Waals surface area (Å²) in [4.78, 5) is 8.23. The van der Waals surface area contributed by atoms with Gasteiger partial charge in [0.25, 0.3) is 0 Å². The minimum atomic E-state index is -0.0598. The molecule has 0 aliphatic carbocycles. The third kappa shape index (κ3) is 2.59. The molecule has 0 fully saturated rings. The lowest BCUT2D eigenvalue weighted by atomic mass is 10.4. The maximum absolute atomic E-state index is 8.51. The fraction of sp³-hybridized carbons (Fsp3) is 0.200. The molecule has 2 aromatic rings.